The molecular weight excluding hydrogens is 455 g/mol. The number of piperidine rings is 1. The van der Waals surface area contributed by atoms with Crippen molar-refractivity contribution in [2.24, 2.45) is 11.3 Å². The summed E-state index contributed by atoms with van der Waals surface area (Å²) in [5.74, 6) is -0.764. The van der Waals surface area contributed by atoms with E-state index in [2.05, 4.69) is 10.3 Å². The number of benzene rings is 1. The fraction of sp³-hybridized carbons (Fsp3) is 0.455. The number of anilines is 1. The molecular formula is C22H22F3N5O2S. The summed E-state index contributed by atoms with van der Waals surface area (Å²) in [7, 11) is 1.56. The lowest BCUT2D eigenvalue weighted by Crippen LogP contribution is -2.48. The SMILES string of the molecule is CNC(=O)C1CN(C(=O)c2cscn2)CC12CCN(c1ccc(C#N)c(C(F)(F)F)c1)CC2. The smallest absolute Gasteiger partial charge is 0.371 e. The second-order valence-corrected chi connectivity index (χ2v) is 9.13. The third kappa shape index (κ3) is 4.27. The van der Waals surface area contributed by atoms with Crippen LogP contribution in [-0.4, -0.2) is 54.9 Å². The number of halogens is 3. The lowest BCUT2D eigenvalue weighted by molar-refractivity contribution is -0.137. The molecule has 0 aliphatic carbocycles. The van der Waals surface area contributed by atoms with Crippen LogP contribution in [0.15, 0.2) is 29.1 Å². The van der Waals surface area contributed by atoms with Crippen molar-refractivity contribution in [3.63, 3.8) is 0 Å². The van der Waals surface area contributed by atoms with Crippen molar-refractivity contribution in [3.8, 4) is 6.07 Å². The molecule has 1 aromatic heterocycles. The Morgan fingerprint density at radius 3 is 2.61 bits per heavy atom. The Bertz CT molecular complexity index is 1090. The highest BCUT2D eigenvalue weighted by Crippen LogP contribution is 2.46. The summed E-state index contributed by atoms with van der Waals surface area (Å²) in [6.07, 6.45) is -3.52. The molecule has 3 heterocycles. The number of alkyl halides is 3. The quantitative estimate of drug-likeness (QED) is 0.734. The van der Waals surface area contributed by atoms with E-state index in [9.17, 15) is 22.8 Å². The molecule has 7 nitrogen and oxygen atoms in total. The van der Waals surface area contributed by atoms with E-state index in [1.807, 2.05) is 4.90 Å². The van der Waals surface area contributed by atoms with E-state index in [1.165, 1.54) is 23.5 Å². The maximum Gasteiger partial charge on any atom is 0.417 e. The predicted octanol–water partition coefficient (Wildman–Crippen LogP) is 3.14. The summed E-state index contributed by atoms with van der Waals surface area (Å²) in [6.45, 7) is 1.56. The summed E-state index contributed by atoms with van der Waals surface area (Å²) in [5.41, 5.74) is 0.504. The Hall–Kier alpha value is -3.13. The number of hydrogen-bond acceptors (Lipinski definition) is 6. The van der Waals surface area contributed by atoms with Gasteiger partial charge >= 0.3 is 6.18 Å². The molecule has 2 aliphatic heterocycles. The van der Waals surface area contributed by atoms with Gasteiger partial charge in [0, 0.05) is 49.7 Å². The normalized spacial score (nSPS) is 20.0. The standard InChI is InChI=1S/C22H22F3N5O2S/c1-27-19(31)17-10-30(20(32)18-11-33-13-28-18)12-21(17)4-6-29(7-5-21)15-3-2-14(9-26)16(8-15)22(23,24)25/h2-3,8,11,13,17H,4-7,10,12H2,1H3,(H,27,31). The topological polar surface area (TPSA) is 89.3 Å². The van der Waals surface area contributed by atoms with Crippen LogP contribution in [0.5, 0.6) is 0 Å². The van der Waals surface area contributed by atoms with E-state index < -0.39 is 28.6 Å². The van der Waals surface area contributed by atoms with Crippen molar-refractivity contribution in [2.45, 2.75) is 19.0 Å². The summed E-state index contributed by atoms with van der Waals surface area (Å²) in [5, 5.41) is 13.4. The van der Waals surface area contributed by atoms with E-state index in [1.54, 1.807) is 28.9 Å². The molecule has 1 atom stereocenters. The highest BCUT2D eigenvalue weighted by Gasteiger charge is 2.52. The van der Waals surface area contributed by atoms with Crippen LogP contribution in [0.4, 0.5) is 18.9 Å². The Kier molecular flexibility index (Phi) is 6.05. The van der Waals surface area contributed by atoms with E-state index in [0.29, 0.717) is 43.9 Å². The summed E-state index contributed by atoms with van der Waals surface area (Å²) in [6, 6.07) is 5.33. The van der Waals surface area contributed by atoms with Crippen LogP contribution in [0.2, 0.25) is 0 Å². The number of thiazole rings is 1. The number of nitrogens with one attached hydrogen (secondary N) is 1. The third-order valence-electron chi connectivity index (χ3n) is 6.70. The molecule has 0 radical (unpaired) electrons. The first kappa shape index (κ1) is 23.0. The Balaban J connectivity index is 1.55. The number of nitriles is 1. The molecule has 0 saturated carbocycles. The van der Waals surface area contributed by atoms with Gasteiger partial charge in [-0.25, -0.2) is 4.98 Å². The van der Waals surface area contributed by atoms with E-state index in [4.69, 9.17) is 5.26 Å². The second-order valence-electron chi connectivity index (χ2n) is 8.42. The predicted molar refractivity (Wildman–Crippen MR) is 116 cm³/mol. The minimum atomic E-state index is -4.62. The minimum Gasteiger partial charge on any atom is -0.371 e. The molecule has 2 amide bonds. The van der Waals surface area contributed by atoms with Crippen molar-refractivity contribution in [1.82, 2.24) is 15.2 Å². The van der Waals surface area contributed by atoms with Crippen LogP contribution in [-0.2, 0) is 11.0 Å². The fourth-order valence-corrected chi connectivity index (χ4v) is 5.44. The van der Waals surface area contributed by atoms with Gasteiger partial charge in [0.15, 0.2) is 0 Å². The van der Waals surface area contributed by atoms with Crippen molar-refractivity contribution >= 4 is 28.8 Å². The number of hydrogen-bond donors (Lipinski definition) is 1. The lowest BCUT2D eigenvalue weighted by atomic mass is 9.70. The van der Waals surface area contributed by atoms with Crippen LogP contribution in [0.1, 0.15) is 34.5 Å². The van der Waals surface area contributed by atoms with Crippen molar-refractivity contribution < 1.29 is 22.8 Å². The average Bonchev–Trinajstić information content (AvgIpc) is 3.47. The summed E-state index contributed by atoms with van der Waals surface area (Å²) < 4.78 is 40.1. The molecule has 1 aromatic carbocycles. The van der Waals surface area contributed by atoms with Gasteiger partial charge in [0.25, 0.3) is 5.91 Å². The number of aromatic nitrogens is 1. The molecule has 0 bridgehead atoms. The molecule has 2 fully saturated rings. The minimum absolute atomic E-state index is 0.144. The number of rotatable bonds is 3. The van der Waals surface area contributed by atoms with Gasteiger partial charge in [-0.3, -0.25) is 9.59 Å². The first-order chi connectivity index (χ1) is 15.7. The maximum atomic E-state index is 13.4. The van der Waals surface area contributed by atoms with E-state index >= 15 is 0 Å². The molecule has 11 heteroatoms. The number of amides is 2. The van der Waals surface area contributed by atoms with Gasteiger partial charge in [-0.1, -0.05) is 0 Å². The Labute approximate surface area is 192 Å². The number of likely N-dealkylation sites (tertiary alicyclic amines) is 1. The number of nitrogens with zero attached hydrogens (tertiary/aromatic N) is 4. The fourth-order valence-electron chi connectivity index (χ4n) is 4.92. The van der Waals surface area contributed by atoms with E-state index in [-0.39, 0.29) is 18.4 Å². The average molecular weight is 478 g/mol. The monoisotopic (exact) mass is 477 g/mol. The summed E-state index contributed by atoms with van der Waals surface area (Å²) >= 11 is 1.32. The molecule has 4 rings (SSSR count). The largest absolute Gasteiger partial charge is 0.417 e. The van der Waals surface area contributed by atoms with Gasteiger partial charge in [-0.05, 0) is 31.0 Å². The Morgan fingerprint density at radius 1 is 1.30 bits per heavy atom. The molecule has 1 N–H and O–H groups in total. The zero-order valence-electron chi connectivity index (χ0n) is 17.9. The van der Waals surface area contributed by atoms with Crippen LogP contribution in [0.25, 0.3) is 0 Å². The van der Waals surface area contributed by atoms with Crippen LogP contribution in [0.3, 0.4) is 0 Å². The lowest BCUT2D eigenvalue weighted by Gasteiger charge is -2.42. The molecule has 33 heavy (non-hydrogen) atoms. The number of carbonyl (C=O) groups excluding carboxylic acids is 2. The zero-order chi connectivity index (χ0) is 23.8. The Morgan fingerprint density at radius 2 is 2.03 bits per heavy atom. The molecule has 174 valence electrons. The maximum absolute atomic E-state index is 13.4. The van der Waals surface area contributed by atoms with Crippen molar-refractivity contribution in [2.75, 3.05) is 38.1 Å². The molecule has 1 unspecified atom stereocenters. The number of carbonyl (C=O) groups is 2. The molecule has 2 aliphatic rings. The van der Waals surface area contributed by atoms with E-state index in [0.717, 1.165) is 6.07 Å². The molecule has 2 aromatic rings. The van der Waals surface area contributed by atoms with Crippen LogP contribution < -0.4 is 10.2 Å². The highest BCUT2D eigenvalue weighted by molar-refractivity contribution is 7.07. The zero-order valence-corrected chi connectivity index (χ0v) is 18.7. The van der Waals surface area contributed by atoms with Crippen LogP contribution >= 0.6 is 11.3 Å². The van der Waals surface area contributed by atoms with Gasteiger partial charge in [0.2, 0.25) is 5.91 Å². The summed E-state index contributed by atoms with van der Waals surface area (Å²) in [4.78, 5) is 33.1. The third-order valence-corrected chi connectivity index (χ3v) is 7.29. The van der Waals surface area contributed by atoms with Crippen molar-refractivity contribution in [1.29, 1.82) is 5.26 Å². The van der Waals surface area contributed by atoms with Gasteiger partial charge < -0.3 is 15.1 Å². The second kappa shape index (κ2) is 8.67. The van der Waals surface area contributed by atoms with Gasteiger partial charge in [-0.15, -0.1) is 11.3 Å². The first-order valence-corrected chi connectivity index (χ1v) is 11.4. The highest BCUT2D eigenvalue weighted by atomic mass is 32.1. The van der Waals surface area contributed by atoms with Gasteiger partial charge in [0.05, 0.1) is 28.6 Å². The first-order valence-electron chi connectivity index (χ1n) is 10.4. The molecule has 2 saturated heterocycles. The van der Waals surface area contributed by atoms with Gasteiger partial charge in [0.1, 0.15) is 5.69 Å². The van der Waals surface area contributed by atoms with Gasteiger partial charge in [-0.2, -0.15) is 18.4 Å². The van der Waals surface area contributed by atoms with Crippen LogP contribution in [0, 0.1) is 22.7 Å². The van der Waals surface area contributed by atoms with Crippen molar-refractivity contribution in [3.05, 3.63) is 45.9 Å². The molecule has 1 spiro atoms.